The molecule has 0 aliphatic carbocycles. The van der Waals surface area contributed by atoms with Gasteiger partial charge in [-0.15, -0.1) is 12.4 Å². The Morgan fingerprint density at radius 3 is 2.18 bits per heavy atom. The molecule has 1 aliphatic heterocycles. The second kappa shape index (κ2) is 7.64. The Balaban J connectivity index is 0.00000242. The third-order valence-corrected chi connectivity index (χ3v) is 4.26. The van der Waals surface area contributed by atoms with Crippen LogP contribution in [0.25, 0.3) is 0 Å². The first-order valence-electron chi connectivity index (χ1n) is 7.13. The van der Waals surface area contributed by atoms with Crippen molar-refractivity contribution in [3.63, 3.8) is 0 Å². The molecule has 22 heavy (non-hydrogen) atoms. The average Bonchev–Trinajstić information content (AvgIpc) is 2.46. The summed E-state index contributed by atoms with van der Waals surface area (Å²) in [6.07, 6.45) is -4.43. The van der Waals surface area contributed by atoms with Crippen molar-refractivity contribution in [1.29, 1.82) is 0 Å². The zero-order valence-electron chi connectivity index (χ0n) is 12.2. The van der Waals surface area contributed by atoms with Crippen LogP contribution in [0.4, 0.5) is 13.2 Å². The number of rotatable bonds is 4. The molecule has 0 aromatic heterocycles. The lowest BCUT2D eigenvalue weighted by Gasteiger charge is -2.42. The Bertz CT molecular complexity index is 448. The van der Waals surface area contributed by atoms with Gasteiger partial charge in [0.2, 0.25) is 0 Å². The average molecular weight is 339 g/mol. The first-order valence-corrected chi connectivity index (χ1v) is 7.13. The van der Waals surface area contributed by atoms with Crippen molar-refractivity contribution in [3.8, 4) is 0 Å². The molecule has 7 heteroatoms. The third-order valence-electron chi connectivity index (χ3n) is 4.26. The summed E-state index contributed by atoms with van der Waals surface area (Å²) in [5.74, 6) is 0. The van der Waals surface area contributed by atoms with Crippen LogP contribution < -0.4 is 5.73 Å². The number of aliphatic hydroxyl groups is 1. The van der Waals surface area contributed by atoms with Gasteiger partial charge < -0.3 is 10.8 Å². The van der Waals surface area contributed by atoms with Gasteiger partial charge in [0.1, 0.15) is 0 Å². The highest BCUT2D eigenvalue weighted by Crippen LogP contribution is 2.38. The highest BCUT2D eigenvalue weighted by molar-refractivity contribution is 5.85. The number of nitrogens with two attached hydrogens (primary N) is 1. The number of piperidine rings is 1. The fourth-order valence-corrected chi connectivity index (χ4v) is 2.79. The molecule has 0 bridgehead atoms. The van der Waals surface area contributed by atoms with Crippen LogP contribution >= 0.6 is 12.4 Å². The molecule has 1 aliphatic rings. The Hall–Kier alpha value is -0.820. The van der Waals surface area contributed by atoms with Gasteiger partial charge in [-0.05, 0) is 24.8 Å². The number of hydrogen-bond donors (Lipinski definition) is 2. The predicted octanol–water partition coefficient (Wildman–Crippen LogP) is 2.37. The van der Waals surface area contributed by atoms with Crippen LogP contribution in [0.15, 0.2) is 30.3 Å². The molecular weight excluding hydrogens is 317 g/mol. The standard InChI is InChI=1S/C15H21F3N2O.ClH/c16-15(17,18)14(21)6-8-20(9-7-14)13(11-19)10-12-4-2-1-3-5-12;/h1-5,13,21H,6-11,19H2;1H. The highest BCUT2D eigenvalue weighted by atomic mass is 35.5. The molecule has 1 unspecified atom stereocenters. The van der Waals surface area contributed by atoms with E-state index in [0.29, 0.717) is 13.0 Å². The molecule has 1 saturated heterocycles. The third kappa shape index (κ3) is 4.35. The number of alkyl halides is 3. The lowest BCUT2D eigenvalue weighted by molar-refractivity contribution is -0.273. The SMILES string of the molecule is Cl.NCC(Cc1ccccc1)N1CCC(O)(C(F)(F)F)CC1. The molecule has 0 saturated carbocycles. The largest absolute Gasteiger partial charge is 0.417 e. The molecule has 3 nitrogen and oxygen atoms in total. The van der Waals surface area contributed by atoms with Crippen molar-refractivity contribution in [2.45, 2.75) is 37.1 Å². The van der Waals surface area contributed by atoms with Crippen LogP contribution in [0.3, 0.4) is 0 Å². The lowest BCUT2D eigenvalue weighted by Crippen LogP contribution is -2.56. The lowest BCUT2D eigenvalue weighted by atomic mass is 9.89. The second-order valence-electron chi connectivity index (χ2n) is 5.64. The predicted molar refractivity (Wildman–Crippen MR) is 82.0 cm³/mol. The van der Waals surface area contributed by atoms with Crippen LogP contribution in [0.2, 0.25) is 0 Å². The smallest absolute Gasteiger partial charge is 0.380 e. The molecule has 3 N–H and O–H groups in total. The van der Waals surface area contributed by atoms with E-state index in [1.165, 1.54) is 0 Å². The number of benzene rings is 1. The van der Waals surface area contributed by atoms with Crippen molar-refractivity contribution in [2.75, 3.05) is 19.6 Å². The van der Waals surface area contributed by atoms with Gasteiger partial charge in [-0.3, -0.25) is 4.90 Å². The normalized spacial score (nSPS) is 20.2. The Kier molecular flexibility index (Phi) is 6.67. The van der Waals surface area contributed by atoms with Crippen molar-refractivity contribution >= 4 is 12.4 Å². The summed E-state index contributed by atoms with van der Waals surface area (Å²) >= 11 is 0. The van der Waals surface area contributed by atoms with E-state index in [4.69, 9.17) is 5.73 Å². The molecule has 1 heterocycles. The van der Waals surface area contributed by atoms with E-state index in [1.807, 2.05) is 35.2 Å². The molecule has 0 radical (unpaired) electrons. The second-order valence-corrected chi connectivity index (χ2v) is 5.64. The minimum atomic E-state index is -4.56. The Labute approximate surface area is 134 Å². The molecule has 2 rings (SSSR count). The van der Waals surface area contributed by atoms with Crippen LogP contribution in [0.1, 0.15) is 18.4 Å². The van der Waals surface area contributed by atoms with Gasteiger partial charge in [-0.25, -0.2) is 0 Å². The van der Waals surface area contributed by atoms with Gasteiger partial charge in [-0.1, -0.05) is 30.3 Å². The summed E-state index contributed by atoms with van der Waals surface area (Å²) < 4.78 is 38.4. The first-order chi connectivity index (χ1) is 9.86. The maximum atomic E-state index is 12.8. The highest BCUT2D eigenvalue weighted by Gasteiger charge is 2.54. The number of hydrogen-bond acceptors (Lipinski definition) is 3. The topological polar surface area (TPSA) is 49.5 Å². The zero-order chi connectivity index (χ0) is 15.5. The molecule has 0 spiro atoms. The number of likely N-dealkylation sites (tertiary alicyclic amines) is 1. The minimum Gasteiger partial charge on any atom is -0.380 e. The van der Waals surface area contributed by atoms with Crippen LogP contribution in [0.5, 0.6) is 0 Å². The van der Waals surface area contributed by atoms with E-state index in [2.05, 4.69) is 0 Å². The molecule has 1 aromatic rings. The Morgan fingerprint density at radius 2 is 1.73 bits per heavy atom. The molecule has 1 atom stereocenters. The fraction of sp³-hybridized carbons (Fsp3) is 0.600. The summed E-state index contributed by atoms with van der Waals surface area (Å²) in [5, 5.41) is 9.69. The Morgan fingerprint density at radius 1 is 1.18 bits per heavy atom. The van der Waals surface area contributed by atoms with E-state index < -0.39 is 11.8 Å². The van der Waals surface area contributed by atoms with Crippen molar-refractivity contribution in [3.05, 3.63) is 35.9 Å². The molecule has 126 valence electrons. The summed E-state index contributed by atoms with van der Waals surface area (Å²) in [4.78, 5) is 1.95. The van der Waals surface area contributed by atoms with Crippen LogP contribution in [-0.2, 0) is 6.42 Å². The molecule has 1 fully saturated rings. The van der Waals surface area contributed by atoms with Gasteiger partial charge >= 0.3 is 6.18 Å². The van der Waals surface area contributed by atoms with E-state index >= 15 is 0 Å². The van der Waals surface area contributed by atoms with Gasteiger partial charge in [0, 0.05) is 25.7 Å². The van der Waals surface area contributed by atoms with Crippen molar-refractivity contribution in [1.82, 2.24) is 4.90 Å². The van der Waals surface area contributed by atoms with E-state index in [-0.39, 0.29) is 44.4 Å². The summed E-state index contributed by atoms with van der Waals surface area (Å²) in [5.41, 5.74) is 4.35. The number of halogens is 4. The van der Waals surface area contributed by atoms with Crippen molar-refractivity contribution < 1.29 is 18.3 Å². The molecule has 0 amide bonds. The van der Waals surface area contributed by atoms with Gasteiger partial charge in [0.15, 0.2) is 5.60 Å². The van der Waals surface area contributed by atoms with Gasteiger partial charge in [-0.2, -0.15) is 13.2 Å². The maximum Gasteiger partial charge on any atom is 0.417 e. The monoisotopic (exact) mass is 338 g/mol. The molecular formula is C15H22ClF3N2O. The van der Waals surface area contributed by atoms with Crippen molar-refractivity contribution in [2.24, 2.45) is 5.73 Å². The fourth-order valence-electron chi connectivity index (χ4n) is 2.79. The van der Waals surface area contributed by atoms with Gasteiger partial charge in [0.05, 0.1) is 0 Å². The summed E-state index contributed by atoms with van der Waals surface area (Å²) in [7, 11) is 0. The minimum absolute atomic E-state index is 0. The van der Waals surface area contributed by atoms with E-state index in [9.17, 15) is 18.3 Å². The summed E-state index contributed by atoms with van der Waals surface area (Å²) in [6.45, 7) is 0.814. The number of nitrogens with zero attached hydrogens (tertiary/aromatic N) is 1. The zero-order valence-corrected chi connectivity index (χ0v) is 13.0. The quantitative estimate of drug-likeness (QED) is 0.886. The van der Waals surface area contributed by atoms with E-state index in [1.54, 1.807) is 0 Å². The van der Waals surface area contributed by atoms with E-state index in [0.717, 1.165) is 5.56 Å². The molecule has 1 aromatic carbocycles. The van der Waals surface area contributed by atoms with Crippen LogP contribution in [0, 0.1) is 0 Å². The summed E-state index contributed by atoms with van der Waals surface area (Å²) in [6, 6.07) is 9.76. The maximum absolute atomic E-state index is 12.8. The first kappa shape index (κ1) is 19.2. The van der Waals surface area contributed by atoms with Gasteiger partial charge in [0.25, 0.3) is 0 Å². The van der Waals surface area contributed by atoms with Crippen LogP contribution in [-0.4, -0.2) is 47.5 Å².